The van der Waals surface area contributed by atoms with Crippen LogP contribution in [0.1, 0.15) is 48.7 Å². The Bertz CT molecular complexity index is 513. The zero-order valence-corrected chi connectivity index (χ0v) is 11.9. The predicted molar refractivity (Wildman–Crippen MR) is 79.1 cm³/mol. The molecule has 1 aromatic rings. The Balaban J connectivity index is 2.11. The monoisotopic (exact) mass is 271 g/mol. The quantitative estimate of drug-likeness (QED) is 0.792. The number of aromatic nitrogens is 1. The van der Waals surface area contributed by atoms with Gasteiger partial charge in [0.05, 0.1) is 6.54 Å². The zero-order chi connectivity index (χ0) is 14.4. The molecule has 1 saturated heterocycles. The number of carbonyl (C=O) groups is 1. The normalized spacial score (nSPS) is 18.9. The molecule has 1 aliphatic heterocycles. The van der Waals surface area contributed by atoms with Crippen LogP contribution in [-0.2, 0) is 0 Å². The van der Waals surface area contributed by atoms with E-state index in [1.807, 2.05) is 11.0 Å². The lowest BCUT2D eigenvalue weighted by Gasteiger charge is -2.26. The van der Waals surface area contributed by atoms with Gasteiger partial charge in [0.2, 0.25) is 0 Å². The maximum absolute atomic E-state index is 12.5. The van der Waals surface area contributed by atoms with E-state index in [-0.39, 0.29) is 5.91 Å². The topological polar surface area (TPSA) is 59.2 Å². The standard InChI is InChI=1S/C16H21N3O/c1-13-6-3-2-4-11-19(13)16(20)15-9-8-14(12-18-15)7-5-10-17/h8-9,12-13H,2-4,6,10-11,17H2,1H3. The van der Waals surface area contributed by atoms with Gasteiger partial charge in [0.1, 0.15) is 5.69 Å². The maximum atomic E-state index is 12.5. The lowest BCUT2D eigenvalue weighted by molar-refractivity contribution is 0.0692. The minimum absolute atomic E-state index is 0.0257. The number of carbonyl (C=O) groups excluding carboxylic acids is 1. The van der Waals surface area contributed by atoms with Crippen LogP contribution in [0.4, 0.5) is 0 Å². The molecule has 0 aliphatic carbocycles. The summed E-state index contributed by atoms with van der Waals surface area (Å²) < 4.78 is 0. The number of rotatable bonds is 1. The third-order valence-electron chi connectivity index (χ3n) is 3.63. The van der Waals surface area contributed by atoms with Gasteiger partial charge in [-0.1, -0.05) is 24.7 Å². The lowest BCUT2D eigenvalue weighted by atomic mass is 10.1. The van der Waals surface area contributed by atoms with Gasteiger partial charge in [-0.25, -0.2) is 4.98 Å². The first-order chi connectivity index (χ1) is 9.72. The number of hydrogen-bond acceptors (Lipinski definition) is 3. The molecule has 1 amide bonds. The summed E-state index contributed by atoms with van der Waals surface area (Å²) in [6.45, 7) is 3.27. The van der Waals surface area contributed by atoms with Crippen molar-refractivity contribution in [1.82, 2.24) is 9.88 Å². The number of nitrogens with zero attached hydrogens (tertiary/aromatic N) is 2. The van der Waals surface area contributed by atoms with Crippen LogP contribution >= 0.6 is 0 Å². The van der Waals surface area contributed by atoms with E-state index in [2.05, 4.69) is 23.7 Å². The van der Waals surface area contributed by atoms with Gasteiger partial charge in [-0.2, -0.15) is 0 Å². The van der Waals surface area contributed by atoms with Crippen molar-refractivity contribution in [3.8, 4) is 11.8 Å². The van der Waals surface area contributed by atoms with Crippen molar-refractivity contribution in [2.45, 2.75) is 38.6 Å². The number of nitrogens with two attached hydrogens (primary N) is 1. The van der Waals surface area contributed by atoms with Gasteiger partial charge in [-0.05, 0) is 31.9 Å². The molecule has 0 saturated carbocycles. The van der Waals surface area contributed by atoms with Crippen LogP contribution < -0.4 is 5.73 Å². The van der Waals surface area contributed by atoms with Gasteiger partial charge in [0.15, 0.2) is 0 Å². The molecule has 2 heterocycles. The average molecular weight is 271 g/mol. The molecule has 1 aliphatic rings. The predicted octanol–water partition coefficient (Wildman–Crippen LogP) is 1.80. The van der Waals surface area contributed by atoms with E-state index >= 15 is 0 Å². The van der Waals surface area contributed by atoms with E-state index in [0.29, 0.717) is 18.3 Å². The van der Waals surface area contributed by atoms with Crippen LogP contribution in [-0.4, -0.2) is 34.9 Å². The molecule has 2 rings (SSSR count). The van der Waals surface area contributed by atoms with Gasteiger partial charge < -0.3 is 10.6 Å². The molecule has 106 valence electrons. The van der Waals surface area contributed by atoms with Crippen molar-refractivity contribution < 1.29 is 4.79 Å². The Labute approximate surface area is 120 Å². The van der Waals surface area contributed by atoms with E-state index in [1.165, 1.54) is 12.8 Å². The van der Waals surface area contributed by atoms with Crippen LogP contribution in [0, 0.1) is 11.8 Å². The molecule has 1 aromatic heterocycles. The Morgan fingerprint density at radius 2 is 2.30 bits per heavy atom. The molecule has 1 unspecified atom stereocenters. The van der Waals surface area contributed by atoms with Crippen molar-refractivity contribution in [1.29, 1.82) is 0 Å². The second kappa shape index (κ2) is 7.06. The van der Waals surface area contributed by atoms with Gasteiger partial charge >= 0.3 is 0 Å². The lowest BCUT2D eigenvalue weighted by Crippen LogP contribution is -2.38. The van der Waals surface area contributed by atoms with Crippen LogP contribution in [0.2, 0.25) is 0 Å². The summed E-state index contributed by atoms with van der Waals surface area (Å²) in [6, 6.07) is 3.87. The van der Waals surface area contributed by atoms with E-state index in [9.17, 15) is 4.79 Å². The first kappa shape index (κ1) is 14.5. The highest BCUT2D eigenvalue weighted by atomic mass is 16.2. The molecular formula is C16H21N3O. The SMILES string of the molecule is CC1CCCCCN1C(=O)c1ccc(C#CCN)cn1. The molecule has 4 heteroatoms. The van der Waals surface area contributed by atoms with Crippen LogP contribution in [0.5, 0.6) is 0 Å². The molecule has 0 radical (unpaired) electrons. The summed E-state index contributed by atoms with van der Waals surface area (Å²) in [5.74, 6) is 5.71. The fourth-order valence-corrected chi connectivity index (χ4v) is 2.47. The third-order valence-corrected chi connectivity index (χ3v) is 3.63. The van der Waals surface area contributed by atoms with E-state index in [4.69, 9.17) is 5.73 Å². The summed E-state index contributed by atoms with van der Waals surface area (Å²) in [4.78, 5) is 18.7. The summed E-state index contributed by atoms with van der Waals surface area (Å²) in [7, 11) is 0. The van der Waals surface area contributed by atoms with Gasteiger partial charge in [0, 0.05) is 24.3 Å². The Hall–Kier alpha value is -1.86. The molecule has 0 spiro atoms. The van der Waals surface area contributed by atoms with Gasteiger partial charge in [0.25, 0.3) is 5.91 Å². The molecule has 4 nitrogen and oxygen atoms in total. The highest BCUT2D eigenvalue weighted by Crippen LogP contribution is 2.18. The largest absolute Gasteiger partial charge is 0.335 e. The molecule has 1 atom stereocenters. The van der Waals surface area contributed by atoms with Crippen molar-refractivity contribution in [2.75, 3.05) is 13.1 Å². The Morgan fingerprint density at radius 1 is 1.45 bits per heavy atom. The van der Waals surface area contributed by atoms with E-state index in [0.717, 1.165) is 24.9 Å². The second-order valence-electron chi connectivity index (χ2n) is 5.13. The maximum Gasteiger partial charge on any atom is 0.272 e. The fourth-order valence-electron chi connectivity index (χ4n) is 2.47. The van der Waals surface area contributed by atoms with Crippen molar-refractivity contribution in [2.24, 2.45) is 5.73 Å². The van der Waals surface area contributed by atoms with Crippen molar-refractivity contribution in [3.05, 3.63) is 29.6 Å². The van der Waals surface area contributed by atoms with Crippen LogP contribution in [0.3, 0.4) is 0 Å². The first-order valence-corrected chi connectivity index (χ1v) is 7.18. The van der Waals surface area contributed by atoms with Crippen LogP contribution in [0.15, 0.2) is 18.3 Å². The summed E-state index contributed by atoms with van der Waals surface area (Å²) >= 11 is 0. The van der Waals surface area contributed by atoms with Gasteiger partial charge in [-0.15, -0.1) is 0 Å². The number of pyridine rings is 1. The molecule has 20 heavy (non-hydrogen) atoms. The smallest absolute Gasteiger partial charge is 0.272 e. The van der Waals surface area contributed by atoms with E-state index in [1.54, 1.807) is 12.3 Å². The Kier molecular flexibility index (Phi) is 5.14. The average Bonchev–Trinajstić information content (AvgIpc) is 2.69. The molecule has 1 fully saturated rings. The molecular weight excluding hydrogens is 250 g/mol. The van der Waals surface area contributed by atoms with Crippen LogP contribution in [0.25, 0.3) is 0 Å². The number of amides is 1. The van der Waals surface area contributed by atoms with Gasteiger partial charge in [-0.3, -0.25) is 4.79 Å². The Morgan fingerprint density at radius 3 is 3.00 bits per heavy atom. The molecule has 0 bridgehead atoms. The van der Waals surface area contributed by atoms with E-state index < -0.39 is 0 Å². The van der Waals surface area contributed by atoms with Crippen molar-refractivity contribution >= 4 is 5.91 Å². The first-order valence-electron chi connectivity index (χ1n) is 7.18. The minimum Gasteiger partial charge on any atom is -0.335 e. The second-order valence-corrected chi connectivity index (χ2v) is 5.13. The fraction of sp³-hybridized carbons (Fsp3) is 0.500. The summed E-state index contributed by atoms with van der Waals surface area (Å²) in [5.41, 5.74) is 6.61. The minimum atomic E-state index is 0.0257. The number of hydrogen-bond donors (Lipinski definition) is 1. The van der Waals surface area contributed by atoms with Crippen molar-refractivity contribution in [3.63, 3.8) is 0 Å². The summed E-state index contributed by atoms with van der Waals surface area (Å²) in [6.07, 6.45) is 6.20. The highest BCUT2D eigenvalue weighted by molar-refractivity contribution is 5.92. The third kappa shape index (κ3) is 3.58. The number of likely N-dealkylation sites (tertiary alicyclic amines) is 1. The molecule has 0 aromatic carbocycles. The molecule has 2 N–H and O–H groups in total. The highest BCUT2D eigenvalue weighted by Gasteiger charge is 2.23. The summed E-state index contributed by atoms with van der Waals surface area (Å²) in [5, 5.41) is 0. The zero-order valence-electron chi connectivity index (χ0n) is 11.9.